The number of carbonyl (C=O) groups excluding carboxylic acids is 1. The summed E-state index contributed by atoms with van der Waals surface area (Å²) in [6, 6.07) is 15.2. The fourth-order valence-electron chi connectivity index (χ4n) is 4.36. The number of ketones is 1. The molecule has 0 fully saturated rings. The van der Waals surface area contributed by atoms with Crippen molar-refractivity contribution in [2.75, 3.05) is 11.1 Å². The summed E-state index contributed by atoms with van der Waals surface area (Å²) in [5.74, 6) is 2.56. The number of thioether (sulfide) groups is 1. The molecule has 0 radical (unpaired) electrons. The number of carbonyl (C=O) groups is 1. The van der Waals surface area contributed by atoms with Crippen LogP contribution in [0, 0.1) is 0 Å². The SMILES string of the molecule is CCCCSc1nc2n(n1)C(c1cccc(OCc3ccccc3Cl)c1)C1=C(CCCC1=O)N2. The van der Waals surface area contributed by atoms with E-state index >= 15 is 0 Å². The molecule has 176 valence electrons. The van der Waals surface area contributed by atoms with Gasteiger partial charge in [0.1, 0.15) is 18.4 Å². The lowest BCUT2D eigenvalue weighted by atomic mass is 9.85. The zero-order chi connectivity index (χ0) is 23.5. The maximum atomic E-state index is 13.1. The standard InChI is InChI=1S/C26H27ClN4O2S/c1-2-3-14-34-26-29-25-28-21-12-7-13-22(32)23(21)24(31(25)30-26)17-9-6-10-19(15-17)33-16-18-8-4-5-11-20(18)27/h4-6,8-11,15,24H,2-3,7,12-14,16H2,1H3,(H,28,29,30). The Labute approximate surface area is 208 Å². The first-order valence-electron chi connectivity index (χ1n) is 11.7. The van der Waals surface area contributed by atoms with Crippen molar-refractivity contribution in [1.29, 1.82) is 0 Å². The molecule has 0 saturated heterocycles. The van der Waals surface area contributed by atoms with Crippen LogP contribution in [0.2, 0.25) is 5.02 Å². The zero-order valence-corrected chi connectivity index (χ0v) is 20.7. The fourth-order valence-corrected chi connectivity index (χ4v) is 5.47. The first-order chi connectivity index (χ1) is 16.6. The Morgan fingerprint density at radius 2 is 2.09 bits per heavy atom. The number of ether oxygens (including phenoxy) is 1. The Hall–Kier alpha value is -2.77. The Morgan fingerprint density at radius 3 is 2.94 bits per heavy atom. The van der Waals surface area contributed by atoms with Crippen LogP contribution in [-0.2, 0) is 11.4 Å². The molecule has 1 unspecified atom stereocenters. The Morgan fingerprint density at radius 1 is 1.21 bits per heavy atom. The number of rotatable bonds is 8. The number of aromatic nitrogens is 3. The van der Waals surface area contributed by atoms with Crippen molar-refractivity contribution < 1.29 is 9.53 Å². The zero-order valence-electron chi connectivity index (χ0n) is 19.1. The second-order valence-electron chi connectivity index (χ2n) is 8.51. The highest BCUT2D eigenvalue weighted by Gasteiger charge is 2.37. The highest BCUT2D eigenvalue weighted by atomic mass is 35.5. The smallest absolute Gasteiger partial charge is 0.227 e. The Bertz CT molecular complexity index is 1240. The summed E-state index contributed by atoms with van der Waals surface area (Å²) in [4.78, 5) is 17.8. The molecule has 5 rings (SSSR count). The van der Waals surface area contributed by atoms with Crippen molar-refractivity contribution in [3.8, 4) is 5.75 Å². The van der Waals surface area contributed by atoms with Crippen LogP contribution in [-0.4, -0.2) is 26.3 Å². The molecule has 1 aromatic heterocycles. The molecule has 0 spiro atoms. The number of fused-ring (bicyclic) bond motifs is 1. The van der Waals surface area contributed by atoms with Gasteiger partial charge in [0.2, 0.25) is 11.1 Å². The van der Waals surface area contributed by atoms with Gasteiger partial charge in [-0.15, -0.1) is 5.10 Å². The number of unbranched alkanes of at least 4 members (excludes halogenated alkanes) is 1. The summed E-state index contributed by atoms with van der Waals surface area (Å²) in [6.07, 6.45) is 4.49. The Kier molecular flexibility index (Phi) is 6.92. The molecule has 8 heteroatoms. The van der Waals surface area contributed by atoms with Gasteiger partial charge in [0.05, 0.1) is 0 Å². The van der Waals surface area contributed by atoms with E-state index in [1.807, 2.05) is 53.2 Å². The molecule has 3 aromatic rings. The van der Waals surface area contributed by atoms with E-state index in [0.29, 0.717) is 24.0 Å². The minimum absolute atomic E-state index is 0.169. The fraction of sp³-hybridized carbons (Fsp3) is 0.346. The van der Waals surface area contributed by atoms with Gasteiger partial charge in [-0.25, -0.2) is 4.68 Å². The van der Waals surface area contributed by atoms with E-state index in [4.69, 9.17) is 26.4 Å². The van der Waals surface area contributed by atoms with Gasteiger partial charge in [0.25, 0.3) is 0 Å². The summed E-state index contributed by atoms with van der Waals surface area (Å²) in [7, 11) is 0. The number of Topliss-reactive ketones (excluding diaryl/α,β-unsaturated/α-hetero) is 1. The number of hydrogen-bond donors (Lipinski definition) is 1. The van der Waals surface area contributed by atoms with Gasteiger partial charge < -0.3 is 10.1 Å². The van der Waals surface area contributed by atoms with Crippen molar-refractivity contribution in [3.63, 3.8) is 0 Å². The highest BCUT2D eigenvalue weighted by molar-refractivity contribution is 7.99. The molecule has 0 bridgehead atoms. The van der Waals surface area contributed by atoms with E-state index in [1.54, 1.807) is 11.8 Å². The first kappa shape index (κ1) is 23.0. The normalized spacial score (nSPS) is 17.2. The van der Waals surface area contributed by atoms with Crippen molar-refractivity contribution in [2.24, 2.45) is 0 Å². The second-order valence-corrected chi connectivity index (χ2v) is 9.98. The predicted molar refractivity (Wildman–Crippen MR) is 136 cm³/mol. The topological polar surface area (TPSA) is 69.0 Å². The summed E-state index contributed by atoms with van der Waals surface area (Å²) in [5, 5.41) is 9.61. The van der Waals surface area contributed by atoms with Crippen LogP contribution < -0.4 is 10.1 Å². The van der Waals surface area contributed by atoms with Crippen molar-refractivity contribution in [2.45, 2.75) is 56.8 Å². The van der Waals surface area contributed by atoms with Gasteiger partial charge in [-0.2, -0.15) is 4.98 Å². The largest absolute Gasteiger partial charge is 0.489 e. The molecule has 0 saturated carbocycles. The first-order valence-corrected chi connectivity index (χ1v) is 13.1. The molecule has 1 aliphatic carbocycles. The maximum absolute atomic E-state index is 13.1. The van der Waals surface area contributed by atoms with E-state index in [9.17, 15) is 4.79 Å². The minimum Gasteiger partial charge on any atom is -0.489 e. The molecular weight excluding hydrogens is 468 g/mol. The maximum Gasteiger partial charge on any atom is 0.227 e. The van der Waals surface area contributed by atoms with Crippen molar-refractivity contribution in [1.82, 2.24) is 14.8 Å². The lowest BCUT2D eigenvalue weighted by Gasteiger charge is -2.32. The number of nitrogens with zero attached hydrogens (tertiary/aromatic N) is 3. The van der Waals surface area contributed by atoms with E-state index in [0.717, 1.165) is 64.7 Å². The molecule has 1 atom stereocenters. The number of hydrogen-bond acceptors (Lipinski definition) is 6. The predicted octanol–water partition coefficient (Wildman–Crippen LogP) is 6.42. The summed E-state index contributed by atoms with van der Waals surface area (Å²) >= 11 is 7.95. The molecule has 2 aromatic carbocycles. The van der Waals surface area contributed by atoms with Gasteiger partial charge in [0.15, 0.2) is 5.78 Å². The third-order valence-corrected chi connectivity index (χ3v) is 7.40. The van der Waals surface area contributed by atoms with Gasteiger partial charge in [0, 0.05) is 34.0 Å². The number of allylic oxidation sites excluding steroid dienone is 2. The van der Waals surface area contributed by atoms with Crippen LogP contribution in [0.25, 0.3) is 0 Å². The lowest BCUT2D eigenvalue weighted by Crippen LogP contribution is -2.31. The monoisotopic (exact) mass is 494 g/mol. The van der Waals surface area contributed by atoms with Crippen LogP contribution in [0.4, 0.5) is 5.95 Å². The molecule has 34 heavy (non-hydrogen) atoms. The van der Waals surface area contributed by atoms with E-state index in [2.05, 4.69) is 12.2 Å². The third kappa shape index (κ3) is 4.72. The van der Waals surface area contributed by atoms with Gasteiger partial charge in [-0.1, -0.05) is 67.0 Å². The number of halogens is 1. The minimum atomic E-state index is -0.323. The van der Waals surface area contributed by atoms with Crippen molar-refractivity contribution >= 4 is 35.1 Å². The van der Waals surface area contributed by atoms with Gasteiger partial charge in [-0.05, 0) is 43.0 Å². The second kappa shape index (κ2) is 10.2. The average Bonchev–Trinajstić information content (AvgIpc) is 3.25. The number of anilines is 1. The van der Waals surface area contributed by atoms with E-state index < -0.39 is 0 Å². The van der Waals surface area contributed by atoms with Gasteiger partial charge in [-0.3, -0.25) is 4.79 Å². The van der Waals surface area contributed by atoms with E-state index in [1.165, 1.54) is 0 Å². The highest BCUT2D eigenvalue weighted by Crippen LogP contribution is 2.41. The lowest BCUT2D eigenvalue weighted by molar-refractivity contribution is -0.116. The van der Waals surface area contributed by atoms with Crippen LogP contribution in [0.5, 0.6) is 5.75 Å². The number of benzene rings is 2. The molecule has 2 aliphatic rings. The Balaban J connectivity index is 1.47. The van der Waals surface area contributed by atoms with E-state index in [-0.39, 0.29) is 11.8 Å². The quantitative estimate of drug-likeness (QED) is 0.287. The van der Waals surface area contributed by atoms with Crippen LogP contribution in [0.3, 0.4) is 0 Å². The van der Waals surface area contributed by atoms with Crippen LogP contribution >= 0.6 is 23.4 Å². The third-order valence-electron chi connectivity index (χ3n) is 6.10. The number of nitrogens with one attached hydrogen (secondary N) is 1. The molecular formula is C26H27ClN4O2S. The average molecular weight is 495 g/mol. The summed E-state index contributed by atoms with van der Waals surface area (Å²) < 4.78 is 7.94. The molecule has 0 amide bonds. The summed E-state index contributed by atoms with van der Waals surface area (Å²) in [6.45, 7) is 2.54. The van der Waals surface area contributed by atoms with Crippen molar-refractivity contribution in [3.05, 3.63) is 76.0 Å². The molecule has 1 N–H and O–H groups in total. The molecule has 2 heterocycles. The molecule has 1 aliphatic heterocycles. The summed E-state index contributed by atoms with van der Waals surface area (Å²) in [5.41, 5.74) is 3.64. The molecule has 6 nitrogen and oxygen atoms in total. The van der Waals surface area contributed by atoms with Gasteiger partial charge >= 0.3 is 0 Å². The van der Waals surface area contributed by atoms with Crippen LogP contribution in [0.1, 0.15) is 56.2 Å². The van der Waals surface area contributed by atoms with Crippen LogP contribution in [0.15, 0.2) is 65.0 Å².